The molecule has 0 aliphatic rings. The molecule has 4 N–H and O–H groups in total. The predicted molar refractivity (Wildman–Crippen MR) is 78.7 cm³/mol. The summed E-state index contributed by atoms with van der Waals surface area (Å²) in [4.78, 5) is 22.6. The molecule has 0 radical (unpaired) electrons. The maximum Gasteiger partial charge on any atom is 0.393 e. The Morgan fingerprint density at radius 3 is 2.38 bits per heavy atom. The van der Waals surface area contributed by atoms with E-state index in [0.29, 0.717) is 5.56 Å². The molecular formula is C15H18F4N2O3. The van der Waals surface area contributed by atoms with Gasteiger partial charge in [0.1, 0.15) is 5.82 Å². The number of nitrogens with one attached hydrogen (secondary N) is 1. The normalized spacial score (nSPS) is 15.5. The molecule has 0 fully saturated rings. The van der Waals surface area contributed by atoms with Crippen LogP contribution in [0.4, 0.5) is 23.2 Å². The summed E-state index contributed by atoms with van der Waals surface area (Å²) in [5.41, 5.74) is 5.34. The molecule has 134 valence electrons. The molecule has 0 saturated heterocycles. The number of alkyl halides is 3. The Kier molecular flexibility index (Phi) is 6.30. The summed E-state index contributed by atoms with van der Waals surface area (Å²) in [6, 6.07) is 1.62. The number of halogens is 4. The highest BCUT2D eigenvalue weighted by molar-refractivity contribution is 5.95. The van der Waals surface area contributed by atoms with Gasteiger partial charge in [0.15, 0.2) is 0 Å². The van der Waals surface area contributed by atoms with Crippen LogP contribution in [0, 0.1) is 17.7 Å². The molecule has 5 nitrogen and oxygen atoms in total. The van der Waals surface area contributed by atoms with Gasteiger partial charge < -0.3 is 16.2 Å². The Labute approximate surface area is 135 Å². The summed E-state index contributed by atoms with van der Waals surface area (Å²) in [6.07, 6.45) is -4.59. The molecule has 9 heteroatoms. The second-order valence-corrected chi connectivity index (χ2v) is 5.60. The fourth-order valence-corrected chi connectivity index (χ4v) is 1.88. The summed E-state index contributed by atoms with van der Waals surface area (Å²) < 4.78 is 51.4. The van der Waals surface area contributed by atoms with Crippen LogP contribution in [-0.2, 0) is 16.0 Å². The minimum atomic E-state index is -4.66. The summed E-state index contributed by atoms with van der Waals surface area (Å²) >= 11 is 0. The van der Waals surface area contributed by atoms with E-state index in [1.54, 1.807) is 0 Å². The van der Waals surface area contributed by atoms with Crippen LogP contribution in [0.2, 0.25) is 0 Å². The van der Waals surface area contributed by atoms with Crippen molar-refractivity contribution in [2.45, 2.75) is 32.5 Å². The number of carbonyl (C=O) groups excluding carboxylic acids is 1. The molecular weight excluding hydrogens is 332 g/mol. The van der Waals surface area contributed by atoms with Crippen molar-refractivity contribution in [2.24, 2.45) is 17.6 Å². The van der Waals surface area contributed by atoms with Gasteiger partial charge in [-0.15, -0.1) is 0 Å². The highest BCUT2D eigenvalue weighted by atomic mass is 19.4. The van der Waals surface area contributed by atoms with Gasteiger partial charge >= 0.3 is 12.1 Å². The highest BCUT2D eigenvalue weighted by Crippen LogP contribution is 2.28. The van der Waals surface area contributed by atoms with Crippen LogP contribution in [0.15, 0.2) is 18.2 Å². The second-order valence-electron chi connectivity index (χ2n) is 5.60. The number of hydrogen-bond acceptors (Lipinski definition) is 3. The number of anilines is 1. The van der Waals surface area contributed by atoms with Crippen molar-refractivity contribution in [1.82, 2.24) is 0 Å². The third-order valence-electron chi connectivity index (χ3n) is 3.61. The quantitative estimate of drug-likeness (QED) is 0.688. The molecule has 1 rings (SSSR count). The number of carboxylic acids is 1. The minimum absolute atomic E-state index is 0.0729. The third kappa shape index (κ3) is 5.19. The van der Waals surface area contributed by atoms with Crippen molar-refractivity contribution < 1.29 is 32.3 Å². The Bertz CT molecular complexity index is 619. The largest absolute Gasteiger partial charge is 0.481 e. The van der Waals surface area contributed by atoms with Crippen LogP contribution < -0.4 is 11.1 Å². The van der Waals surface area contributed by atoms with Crippen molar-refractivity contribution in [3.63, 3.8) is 0 Å². The number of amides is 1. The monoisotopic (exact) mass is 350 g/mol. The first kappa shape index (κ1) is 19.9. The number of nitrogens with two attached hydrogens (primary N) is 1. The van der Waals surface area contributed by atoms with E-state index in [9.17, 15) is 27.2 Å². The fraction of sp³-hybridized carbons (Fsp3) is 0.467. The Morgan fingerprint density at radius 1 is 1.29 bits per heavy atom. The van der Waals surface area contributed by atoms with Gasteiger partial charge in [0, 0.05) is 0 Å². The molecule has 1 aromatic rings. The zero-order valence-electron chi connectivity index (χ0n) is 13.0. The van der Waals surface area contributed by atoms with Gasteiger partial charge in [0.2, 0.25) is 5.91 Å². The SMILES string of the molecule is CC([C@H](N)C(=O)Nc1cc(C[C@@H](C)C(=O)O)ccc1F)C(F)(F)F. The number of carboxylic acid groups (broad SMARTS) is 1. The lowest BCUT2D eigenvalue weighted by Gasteiger charge is -2.22. The lowest BCUT2D eigenvalue weighted by Crippen LogP contribution is -2.46. The molecule has 3 atom stereocenters. The summed E-state index contributed by atoms with van der Waals surface area (Å²) in [5.74, 6) is -5.93. The topological polar surface area (TPSA) is 92.4 Å². The van der Waals surface area contributed by atoms with Crippen LogP contribution in [0.25, 0.3) is 0 Å². The molecule has 0 aliphatic heterocycles. The maximum absolute atomic E-state index is 13.7. The van der Waals surface area contributed by atoms with Crippen LogP contribution in [0.3, 0.4) is 0 Å². The van der Waals surface area contributed by atoms with Gasteiger partial charge in [-0.05, 0) is 24.1 Å². The molecule has 0 bridgehead atoms. The van der Waals surface area contributed by atoms with Crippen molar-refractivity contribution in [1.29, 1.82) is 0 Å². The Balaban J connectivity index is 2.90. The van der Waals surface area contributed by atoms with Crippen molar-refractivity contribution in [2.75, 3.05) is 5.32 Å². The van der Waals surface area contributed by atoms with E-state index in [4.69, 9.17) is 10.8 Å². The van der Waals surface area contributed by atoms with Gasteiger partial charge in [0.05, 0.1) is 23.6 Å². The molecule has 0 spiro atoms. The van der Waals surface area contributed by atoms with E-state index in [0.717, 1.165) is 13.0 Å². The van der Waals surface area contributed by atoms with Gasteiger partial charge in [0.25, 0.3) is 0 Å². The smallest absolute Gasteiger partial charge is 0.393 e. The average Bonchev–Trinajstić information content (AvgIpc) is 2.47. The van der Waals surface area contributed by atoms with E-state index in [-0.39, 0.29) is 12.1 Å². The first-order valence-electron chi connectivity index (χ1n) is 7.08. The van der Waals surface area contributed by atoms with Crippen molar-refractivity contribution in [3.8, 4) is 0 Å². The maximum atomic E-state index is 13.7. The summed E-state index contributed by atoms with van der Waals surface area (Å²) in [5, 5.41) is 10.9. The van der Waals surface area contributed by atoms with Crippen LogP contribution in [0.5, 0.6) is 0 Å². The van der Waals surface area contributed by atoms with E-state index < -0.39 is 41.7 Å². The van der Waals surface area contributed by atoms with Gasteiger partial charge in [-0.3, -0.25) is 9.59 Å². The number of aliphatic carboxylic acids is 1. The zero-order chi connectivity index (χ0) is 18.7. The van der Waals surface area contributed by atoms with Gasteiger partial charge in [-0.25, -0.2) is 4.39 Å². The second kappa shape index (κ2) is 7.61. The van der Waals surface area contributed by atoms with E-state index in [2.05, 4.69) is 0 Å². The van der Waals surface area contributed by atoms with E-state index >= 15 is 0 Å². The lowest BCUT2D eigenvalue weighted by molar-refractivity contribution is -0.176. The molecule has 1 amide bonds. The fourth-order valence-electron chi connectivity index (χ4n) is 1.88. The Hall–Kier alpha value is -2.16. The van der Waals surface area contributed by atoms with E-state index in [1.165, 1.54) is 19.1 Å². The zero-order valence-corrected chi connectivity index (χ0v) is 13.0. The Morgan fingerprint density at radius 2 is 1.88 bits per heavy atom. The van der Waals surface area contributed by atoms with E-state index in [1.807, 2.05) is 5.32 Å². The molecule has 0 aromatic heterocycles. The molecule has 1 unspecified atom stereocenters. The number of carbonyl (C=O) groups is 2. The molecule has 1 aromatic carbocycles. The summed E-state index contributed by atoms with van der Waals surface area (Å²) in [7, 11) is 0. The summed E-state index contributed by atoms with van der Waals surface area (Å²) in [6.45, 7) is 2.20. The lowest BCUT2D eigenvalue weighted by atomic mass is 10.00. The first-order chi connectivity index (χ1) is 10.9. The van der Waals surface area contributed by atoms with Crippen molar-refractivity contribution >= 4 is 17.6 Å². The van der Waals surface area contributed by atoms with Crippen LogP contribution in [0.1, 0.15) is 19.4 Å². The van der Waals surface area contributed by atoms with Crippen LogP contribution >= 0.6 is 0 Å². The molecule has 0 aliphatic carbocycles. The number of hydrogen-bond donors (Lipinski definition) is 3. The van der Waals surface area contributed by atoms with Crippen molar-refractivity contribution in [3.05, 3.63) is 29.6 Å². The van der Waals surface area contributed by atoms with Gasteiger partial charge in [-0.1, -0.05) is 19.9 Å². The van der Waals surface area contributed by atoms with Gasteiger partial charge in [-0.2, -0.15) is 13.2 Å². The highest BCUT2D eigenvalue weighted by Gasteiger charge is 2.42. The molecule has 24 heavy (non-hydrogen) atoms. The molecule has 0 heterocycles. The standard InChI is InChI=1S/C15H18F4N2O3/c1-7(14(23)24)5-9-3-4-10(16)11(6-9)21-13(22)12(20)8(2)15(17,18)19/h3-4,6-8,12H,5,20H2,1-2H3,(H,21,22)(H,23,24)/t7-,8?,12+/m1/s1. The predicted octanol–water partition coefficient (Wildman–Crippen LogP) is 2.55. The van der Waals surface area contributed by atoms with Crippen LogP contribution in [-0.4, -0.2) is 29.2 Å². The number of rotatable bonds is 6. The number of benzene rings is 1. The molecule has 0 saturated carbocycles. The average molecular weight is 350 g/mol. The minimum Gasteiger partial charge on any atom is -0.481 e. The first-order valence-corrected chi connectivity index (χ1v) is 7.08. The third-order valence-corrected chi connectivity index (χ3v) is 3.61.